The Kier molecular flexibility index (Phi) is 7.56. The van der Waals surface area contributed by atoms with Gasteiger partial charge >= 0.3 is 0 Å². The molecule has 7 nitrogen and oxygen atoms in total. The van der Waals surface area contributed by atoms with Crippen molar-refractivity contribution in [3.05, 3.63) is 66.1 Å². The van der Waals surface area contributed by atoms with Crippen molar-refractivity contribution in [2.75, 3.05) is 0 Å². The van der Waals surface area contributed by atoms with Gasteiger partial charge in [-0.3, -0.25) is 14.4 Å². The zero-order valence-corrected chi connectivity index (χ0v) is 15.9. The molecule has 0 aliphatic rings. The van der Waals surface area contributed by atoms with Crippen molar-refractivity contribution in [2.45, 2.75) is 32.4 Å². The minimum absolute atomic E-state index is 0.173. The number of nitrogens with one attached hydrogen (secondary N) is 2. The van der Waals surface area contributed by atoms with Gasteiger partial charge in [0.1, 0.15) is 17.8 Å². The van der Waals surface area contributed by atoms with Crippen LogP contribution in [0.1, 0.15) is 25.2 Å². The fourth-order valence-corrected chi connectivity index (χ4v) is 2.64. The van der Waals surface area contributed by atoms with Gasteiger partial charge in [-0.25, -0.2) is 0 Å². The molecule has 7 heteroatoms. The smallest absolute Gasteiger partial charge is 0.244 e. The lowest BCUT2D eigenvalue weighted by Crippen LogP contribution is -2.55. The van der Waals surface area contributed by atoms with Crippen molar-refractivity contribution in [3.63, 3.8) is 0 Å². The molecule has 1 heterocycles. The molecule has 3 amide bonds. The Balaban J connectivity index is 2.12. The van der Waals surface area contributed by atoms with Crippen LogP contribution in [0.3, 0.4) is 0 Å². The summed E-state index contributed by atoms with van der Waals surface area (Å²) >= 11 is 0. The predicted octanol–water partition coefficient (Wildman–Crippen LogP) is 1.65. The zero-order chi connectivity index (χ0) is 20.5. The molecule has 1 aromatic carbocycles. The molecule has 0 spiro atoms. The molecule has 2 rings (SSSR count). The predicted molar refractivity (Wildman–Crippen MR) is 106 cm³/mol. The van der Waals surface area contributed by atoms with E-state index in [2.05, 4.69) is 10.6 Å². The fraction of sp³-hybridized carbons (Fsp3) is 0.286. The molecule has 0 radical (unpaired) electrons. The summed E-state index contributed by atoms with van der Waals surface area (Å²) in [5, 5.41) is 5.32. The lowest BCUT2D eigenvalue weighted by molar-refractivity contribution is -0.131. The summed E-state index contributed by atoms with van der Waals surface area (Å²) in [6.45, 7) is 3.57. The molecule has 148 valence electrons. The van der Waals surface area contributed by atoms with Crippen molar-refractivity contribution in [2.24, 2.45) is 11.7 Å². The summed E-state index contributed by atoms with van der Waals surface area (Å²) in [7, 11) is 0. The van der Waals surface area contributed by atoms with Crippen molar-refractivity contribution >= 4 is 23.8 Å². The molecule has 0 aliphatic heterocycles. The molecule has 2 aromatic rings. The van der Waals surface area contributed by atoms with Crippen LogP contribution in [0.15, 0.2) is 59.2 Å². The maximum Gasteiger partial charge on any atom is 0.244 e. The number of nitrogens with two attached hydrogens (primary N) is 1. The van der Waals surface area contributed by atoms with Crippen LogP contribution in [-0.4, -0.2) is 29.8 Å². The molecule has 0 saturated heterocycles. The second-order valence-electron chi connectivity index (χ2n) is 6.73. The Morgan fingerprint density at radius 3 is 2.36 bits per heavy atom. The first kappa shape index (κ1) is 21.0. The highest BCUT2D eigenvalue weighted by atomic mass is 16.3. The number of carbonyl (C=O) groups excluding carboxylic acids is 3. The van der Waals surface area contributed by atoms with Crippen LogP contribution in [-0.2, 0) is 20.8 Å². The van der Waals surface area contributed by atoms with Crippen LogP contribution in [0.25, 0.3) is 6.08 Å². The summed E-state index contributed by atoms with van der Waals surface area (Å²) in [5.74, 6) is -1.19. The van der Waals surface area contributed by atoms with Gasteiger partial charge in [0, 0.05) is 12.5 Å². The quantitative estimate of drug-likeness (QED) is 0.571. The first-order valence-electron chi connectivity index (χ1n) is 9.02. The van der Waals surface area contributed by atoms with Crippen molar-refractivity contribution in [1.29, 1.82) is 0 Å². The van der Waals surface area contributed by atoms with Crippen LogP contribution in [0.5, 0.6) is 0 Å². The first-order valence-corrected chi connectivity index (χ1v) is 9.02. The second-order valence-corrected chi connectivity index (χ2v) is 6.73. The maximum absolute atomic E-state index is 12.8. The number of hydrogen-bond acceptors (Lipinski definition) is 4. The summed E-state index contributed by atoms with van der Waals surface area (Å²) in [5.41, 5.74) is 6.25. The van der Waals surface area contributed by atoms with Crippen LogP contribution in [0.4, 0.5) is 0 Å². The molecule has 0 aliphatic carbocycles. The molecule has 0 saturated carbocycles. The Morgan fingerprint density at radius 2 is 1.79 bits per heavy atom. The van der Waals surface area contributed by atoms with E-state index in [0.29, 0.717) is 5.76 Å². The van der Waals surface area contributed by atoms with Gasteiger partial charge in [-0.1, -0.05) is 44.2 Å². The molecule has 0 fully saturated rings. The lowest BCUT2D eigenvalue weighted by Gasteiger charge is -2.23. The highest BCUT2D eigenvalue weighted by Gasteiger charge is 2.27. The van der Waals surface area contributed by atoms with E-state index in [1.807, 2.05) is 30.3 Å². The normalized spacial score (nSPS) is 13.2. The summed E-state index contributed by atoms with van der Waals surface area (Å²) < 4.78 is 5.14. The first-order chi connectivity index (χ1) is 13.4. The SMILES string of the molecule is CC(C)C(NC(=O)C(Cc1ccccc1)NC(=O)C=Cc1ccco1)C(N)=O. The summed E-state index contributed by atoms with van der Waals surface area (Å²) in [6, 6.07) is 11.0. The third kappa shape index (κ3) is 6.42. The van der Waals surface area contributed by atoms with Crippen LogP contribution >= 0.6 is 0 Å². The molecule has 2 unspecified atom stereocenters. The Labute approximate surface area is 164 Å². The number of rotatable bonds is 9. The number of primary amides is 1. The van der Waals surface area contributed by atoms with Crippen molar-refractivity contribution < 1.29 is 18.8 Å². The molecular formula is C21H25N3O4. The molecule has 1 aromatic heterocycles. The monoisotopic (exact) mass is 383 g/mol. The number of carbonyl (C=O) groups is 3. The minimum Gasteiger partial charge on any atom is -0.465 e. The van der Waals surface area contributed by atoms with Gasteiger partial charge in [0.05, 0.1) is 6.26 Å². The Bertz CT molecular complexity index is 813. The van der Waals surface area contributed by atoms with E-state index >= 15 is 0 Å². The fourth-order valence-electron chi connectivity index (χ4n) is 2.64. The van der Waals surface area contributed by atoms with Crippen molar-refractivity contribution in [1.82, 2.24) is 10.6 Å². The van der Waals surface area contributed by atoms with Gasteiger partial charge in [0.25, 0.3) is 0 Å². The largest absolute Gasteiger partial charge is 0.465 e. The maximum atomic E-state index is 12.8. The van der Waals surface area contributed by atoms with Crippen LogP contribution in [0.2, 0.25) is 0 Å². The van der Waals surface area contributed by atoms with E-state index in [-0.39, 0.29) is 12.3 Å². The molecular weight excluding hydrogens is 358 g/mol. The van der Waals surface area contributed by atoms with E-state index in [4.69, 9.17) is 10.2 Å². The highest BCUT2D eigenvalue weighted by Crippen LogP contribution is 2.07. The average molecular weight is 383 g/mol. The zero-order valence-electron chi connectivity index (χ0n) is 15.9. The van der Waals surface area contributed by atoms with Gasteiger partial charge in [0.2, 0.25) is 17.7 Å². The lowest BCUT2D eigenvalue weighted by atomic mass is 10.0. The third-order valence-electron chi connectivity index (χ3n) is 4.13. The van der Waals surface area contributed by atoms with E-state index in [1.54, 1.807) is 26.0 Å². The van der Waals surface area contributed by atoms with Gasteiger partial charge in [0.15, 0.2) is 0 Å². The number of benzene rings is 1. The topological polar surface area (TPSA) is 114 Å². The second kappa shape index (κ2) is 10.1. The van der Waals surface area contributed by atoms with E-state index in [1.165, 1.54) is 18.4 Å². The van der Waals surface area contributed by atoms with E-state index < -0.39 is 29.8 Å². The minimum atomic E-state index is -0.864. The van der Waals surface area contributed by atoms with Gasteiger partial charge in [-0.2, -0.15) is 0 Å². The highest BCUT2D eigenvalue weighted by molar-refractivity contribution is 5.96. The van der Waals surface area contributed by atoms with Crippen molar-refractivity contribution in [3.8, 4) is 0 Å². The van der Waals surface area contributed by atoms with Crippen LogP contribution in [0, 0.1) is 5.92 Å². The van der Waals surface area contributed by atoms with Gasteiger partial charge < -0.3 is 20.8 Å². The van der Waals surface area contributed by atoms with E-state index in [0.717, 1.165) is 5.56 Å². The molecule has 0 bridgehead atoms. The van der Waals surface area contributed by atoms with Crippen LogP contribution < -0.4 is 16.4 Å². The average Bonchev–Trinajstić information content (AvgIpc) is 3.17. The Morgan fingerprint density at radius 1 is 1.07 bits per heavy atom. The standard InChI is InChI=1S/C21H25N3O4/c1-14(2)19(20(22)26)24-21(27)17(13-15-7-4-3-5-8-15)23-18(25)11-10-16-9-6-12-28-16/h3-12,14,17,19H,13H2,1-2H3,(H2,22,26)(H,23,25)(H,24,27). The third-order valence-corrected chi connectivity index (χ3v) is 4.13. The van der Waals surface area contributed by atoms with Gasteiger partial charge in [-0.05, 0) is 29.7 Å². The number of furan rings is 1. The van der Waals surface area contributed by atoms with E-state index in [9.17, 15) is 14.4 Å². The Hall–Kier alpha value is -3.35. The number of hydrogen-bond donors (Lipinski definition) is 3. The summed E-state index contributed by atoms with van der Waals surface area (Å²) in [4.78, 5) is 36.7. The molecule has 28 heavy (non-hydrogen) atoms. The summed E-state index contributed by atoms with van der Waals surface area (Å²) in [6.07, 6.45) is 4.57. The van der Waals surface area contributed by atoms with Gasteiger partial charge in [-0.15, -0.1) is 0 Å². The molecule has 2 atom stereocenters. The number of amides is 3. The molecule has 4 N–H and O–H groups in total.